The van der Waals surface area contributed by atoms with Crippen molar-refractivity contribution in [2.75, 3.05) is 0 Å². The summed E-state index contributed by atoms with van der Waals surface area (Å²) in [5.74, 6) is -6.82. The summed E-state index contributed by atoms with van der Waals surface area (Å²) in [6.07, 6.45) is -23.8. The van der Waals surface area contributed by atoms with Crippen molar-refractivity contribution in [1.29, 1.82) is 0 Å². The smallest absolute Gasteiger partial charge is 0.249 e. The number of fused-ring (bicyclic) bond motifs is 2. The maximum absolute atomic E-state index is 15.6. The molecule has 6 fully saturated rings. The molecule has 4 aromatic heterocycles. The Morgan fingerprint density at radius 3 is 1.31 bits per heavy atom. The number of carbonyl (C=O) groups excluding carboxylic acids is 4. The Morgan fingerprint density at radius 2 is 0.860 bits per heavy atom. The number of aliphatic hydroxyl groups excluding tert-OH is 12. The molecule has 0 radical (unpaired) electrons. The van der Waals surface area contributed by atoms with Crippen molar-refractivity contribution in [3.63, 3.8) is 0 Å². The van der Waals surface area contributed by atoms with Gasteiger partial charge in [-0.3, -0.25) is 19.2 Å². The Morgan fingerprint density at radius 1 is 0.456 bits per heavy atom. The normalized spacial score (nSPS) is 37.3. The summed E-state index contributed by atoms with van der Waals surface area (Å²) in [4.78, 5) is 59.5. The van der Waals surface area contributed by atoms with E-state index in [4.69, 9.17) is 37.9 Å². The number of para-hydroxylation sites is 2. The molecule has 2 saturated carbocycles. The van der Waals surface area contributed by atoms with Gasteiger partial charge in [-0.25, -0.2) is 9.36 Å². The molecule has 6 aromatic rings. The summed E-state index contributed by atoms with van der Waals surface area (Å²) >= 11 is 0. The summed E-state index contributed by atoms with van der Waals surface area (Å²) < 4.78 is 56.1. The van der Waals surface area contributed by atoms with Gasteiger partial charge >= 0.3 is 0 Å². The molecule has 630 valence electrons. The van der Waals surface area contributed by atoms with E-state index in [-0.39, 0.29) is 73.8 Å². The van der Waals surface area contributed by atoms with E-state index in [1.165, 1.54) is 28.7 Å². The minimum atomic E-state index is -1.78. The largest absolute Gasteiger partial charge is 0.390 e. The molecule has 18 unspecified atom stereocenters. The van der Waals surface area contributed by atoms with Crippen LogP contribution in [0.4, 0.5) is 0 Å². The summed E-state index contributed by atoms with van der Waals surface area (Å²) in [6.45, 7) is 16.5. The van der Waals surface area contributed by atoms with E-state index in [9.17, 15) is 70.9 Å². The van der Waals surface area contributed by atoms with Crippen molar-refractivity contribution in [3.8, 4) is 0 Å². The number of hydrogen-bond acceptors (Lipinski definition) is 28. The number of nitrogens with zero attached hydrogens (tertiary/aromatic N) is 8. The average Bonchev–Trinajstić information content (AvgIpc) is 1.08. The molecular formula is C79H115N11O24. The van der Waals surface area contributed by atoms with E-state index in [0.717, 1.165) is 32.9 Å². The monoisotopic (exact) mass is 1600 g/mol. The Kier molecular flexibility index (Phi) is 27.7. The second-order valence-electron chi connectivity index (χ2n) is 32.9. The van der Waals surface area contributed by atoms with Gasteiger partial charge in [-0.1, -0.05) is 109 Å². The number of aromatic nitrogens is 8. The molecule has 6 aliphatic rings. The van der Waals surface area contributed by atoms with Crippen LogP contribution < -0.4 is 16.0 Å². The lowest BCUT2D eigenvalue weighted by Gasteiger charge is -2.48. The molecule has 0 bridgehead atoms. The first-order valence-electron chi connectivity index (χ1n) is 39.8. The van der Waals surface area contributed by atoms with Crippen molar-refractivity contribution >= 4 is 45.3 Å². The number of rotatable bonds is 28. The number of ether oxygens (including phenoxy) is 8. The topological polar surface area (TPSA) is 492 Å². The lowest BCUT2D eigenvalue weighted by atomic mass is 9.77. The second-order valence-corrected chi connectivity index (χ2v) is 32.9. The predicted molar refractivity (Wildman–Crippen MR) is 403 cm³/mol. The molecule has 0 spiro atoms. The number of aryl methyl sites for hydroxylation is 2. The molecule has 114 heavy (non-hydrogen) atoms. The first-order valence-corrected chi connectivity index (χ1v) is 39.8. The Hall–Kier alpha value is -6.92. The molecule has 12 rings (SSSR count). The van der Waals surface area contributed by atoms with Gasteiger partial charge in [0.2, 0.25) is 17.7 Å². The van der Waals surface area contributed by atoms with Crippen molar-refractivity contribution < 1.29 is 118 Å². The number of hydrogen-bond donors (Lipinski definition) is 15. The maximum atomic E-state index is 15.6. The van der Waals surface area contributed by atoms with Gasteiger partial charge in [0.05, 0.1) is 79.9 Å². The highest BCUT2D eigenvalue weighted by Gasteiger charge is 2.54. The number of amides is 3. The molecule has 35 nitrogen and oxygen atoms in total. The summed E-state index contributed by atoms with van der Waals surface area (Å²) in [5, 5.41) is 163. The summed E-state index contributed by atoms with van der Waals surface area (Å²) in [7, 11) is 3.75. The van der Waals surface area contributed by atoms with Crippen LogP contribution in [-0.2, 0) is 104 Å². The van der Waals surface area contributed by atoms with Gasteiger partial charge in [0, 0.05) is 85.1 Å². The highest BCUT2D eigenvalue weighted by atomic mass is 16.7. The van der Waals surface area contributed by atoms with Crippen molar-refractivity contribution in [2.24, 2.45) is 55.5 Å². The number of ketones is 1. The van der Waals surface area contributed by atoms with Crippen LogP contribution in [0.3, 0.4) is 0 Å². The standard InChI is InChI=1S/C79H115N11O24/c1-13-52-61(96)63(98)65(100)78(107-52)113-71-36(5)23-34(3)69(67(71)102)111-76-59(94)39(8)57(92)54(109-76)32-89-30-44(83-85-89)27-48(81-73(104)38(7)25-42-28-87(11)50-21-17-15-19-45(42)50)74(105)82-56(75(106)80-47(41(10)91)26-43-29-88(12)51-22-18-16-20-46(43)51)49-31-90(86-84-49)33-55-58(93)40(9)60(95)77(110-55)112-70-35(4)24-37(6)72(68(70)103)114-79-66(101)64(99)62(97)53(14-2)108-79/h15-22,28-31,34-40,47-48,52-72,76-79,92-103H,13-14,23-27,32-33H2,1-12H3,(H,80,106)(H,81,104)(H,82,105)/t34-,35-,36+,37+,38?,39+,40+,47?,48?,52?,53?,54?,55?,56?,57+,58+,59+,60?,61-,62-,63?,64?,65?,66?,67?,68?,69+,70+,71?,72?,76?,77-,78-,79-/m1/s1. The Balaban J connectivity index is 0.798. The van der Waals surface area contributed by atoms with E-state index in [0.29, 0.717) is 19.3 Å². The highest BCUT2D eigenvalue weighted by molar-refractivity contribution is 5.95. The predicted octanol–water partition coefficient (Wildman–Crippen LogP) is -0.852. The lowest BCUT2D eigenvalue weighted by Crippen LogP contribution is -2.62. The number of carbonyl (C=O) groups is 4. The summed E-state index contributed by atoms with van der Waals surface area (Å²) in [6, 6.07) is 10.7. The molecule has 4 aliphatic heterocycles. The van der Waals surface area contributed by atoms with Crippen LogP contribution in [0.25, 0.3) is 21.8 Å². The zero-order valence-corrected chi connectivity index (χ0v) is 66.3. The molecule has 8 heterocycles. The minimum Gasteiger partial charge on any atom is -0.390 e. The van der Waals surface area contributed by atoms with E-state index < -0.39 is 207 Å². The van der Waals surface area contributed by atoms with Crippen LogP contribution in [0.1, 0.15) is 123 Å². The Bertz CT molecular complexity index is 4230. The molecule has 35 heteroatoms. The first kappa shape index (κ1) is 86.4. The van der Waals surface area contributed by atoms with Crippen molar-refractivity contribution in [2.45, 2.75) is 293 Å². The molecule has 4 saturated heterocycles. The van der Waals surface area contributed by atoms with E-state index in [1.807, 2.05) is 112 Å². The molecule has 3 amide bonds. The van der Waals surface area contributed by atoms with Crippen molar-refractivity contribution in [3.05, 3.63) is 95.8 Å². The van der Waals surface area contributed by atoms with Crippen LogP contribution in [0.15, 0.2) is 73.3 Å². The van der Waals surface area contributed by atoms with Gasteiger partial charge in [-0.15, -0.1) is 10.2 Å². The van der Waals surface area contributed by atoms with Crippen molar-refractivity contribution in [1.82, 2.24) is 55.1 Å². The van der Waals surface area contributed by atoms with Crippen LogP contribution in [0.2, 0.25) is 0 Å². The fourth-order valence-corrected chi connectivity index (χ4v) is 17.5. The van der Waals surface area contributed by atoms with E-state index in [1.54, 1.807) is 34.6 Å². The SMILES string of the molecule is CCC1O[C@H](OC2C(O)[C@@H](OC3OC(Cn4cc(CC(NC(=O)C(C)Cc5cn(C)c6ccccc56)C(=O)NC(C(=O)NC(Cc5cn(C)c6ccccc56)C(C)=O)c5cn(CC6O[C@H](O[C@@H]7C(O)C(O[C@H]8OC(CC)[C@@H](O)C(O)C8O)[C@@H](C)C[C@H]7C)C(O)[C@@H](C)[C@@H]6O)nn5)nn4)[C@@H](O)[C@H](C)[C@@H]3O)[C@H](C)C[C@@H]2C)C(O)C(O)[C@@H]1O. The fraction of sp³-hybridized carbons (Fsp3) is 0.696. The minimum absolute atomic E-state index is 0.0239. The number of nitrogens with one attached hydrogen (secondary N) is 3. The highest BCUT2D eigenvalue weighted by Crippen LogP contribution is 2.42. The molecular weight excluding hydrogens is 1490 g/mol. The third-order valence-corrected chi connectivity index (χ3v) is 24.4. The summed E-state index contributed by atoms with van der Waals surface area (Å²) in [5.41, 5.74) is 3.34. The van der Waals surface area contributed by atoms with Crippen LogP contribution >= 0.6 is 0 Å². The molecule has 15 N–H and O–H groups in total. The fourth-order valence-electron chi connectivity index (χ4n) is 17.5. The zero-order valence-electron chi connectivity index (χ0n) is 66.3. The van der Waals surface area contributed by atoms with Gasteiger partial charge < -0.3 is 124 Å². The molecule has 2 aromatic carbocycles. The number of Topliss-reactive ketones (excluding diaryl/α,β-unsaturated/α-hetero) is 1. The van der Waals surface area contributed by atoms with Crippen LogP contribution in [-0.4, -0.2) is 283 Å². The van der Waals surface area contributed by atoms with Gasteiger partial charge in [0.1, 0.15) is 85.0 Å². The van der Waals surface area contributed by atoms with Crippen LogP contribution in [0.5, 0.6) is 0 Å². The third-order valence-electron chi connectivity index (χ3n) is 24.4. The molecule has 2 aliphatic carbocycles. The van der Waals surface area contributed by atoms with Gasteiger partial charge in [-0.2, -0.15) is 0 Å². The average molecular weight is 1600 g/mol. The number of aliphatic hydroxyl groups is 12. The van der Waals surface area contributed by atoms with E-state index >= 15 is 9.59 Å². The van der Waals surface area contributed by atoms with Gasteiger partial charge in [0.25, 0.3) is 0 Å². The lowest BCUT2D eigenvalue weighted by molar-refractivity contribution is -0.341. The quantitative estimate of drug-likeness (QED) is 0.0284. The third kappa shape index (κ3) is 18.3. The zero-order chi connectivity index (χ0) is 82.3. The van der Waals surface area contributed by atoms with Crippen LogP contribution in [0, 0.1) is 41.4 Å². The maximum Gasteiger partial charge on any atom is 0.249 e. The Labute approximate surface area is 660 Å². The second kappa shape index (κ2) is 36.5. The first-order chi connectivity index (χ1) is 54.1. The van der Waals surface area contributed by atoms with Gasteiger partial charge in [0.15, 0.2) is 37.0 Å². The van der Waals surface area contributed by atoms with Gasteiger partial charge in [-0.05, 0) is 86.0 Å². The van der Waals surface area contributed by atoms with E-state index in [2.05, 4.69) is 36.6 Å². The number of benzene rings is 2. The molecule has 34 atom stereocenters.